The molecule has 7 heteroatoms. The fourth-order valence-electron chi connectivity index (χ4n) is 1.20. The molecule has 5 nitrogen and oxygen atoms in total. The molecule has 1 aromatic rings. The fraction of sp³-hybridized carbons (Fsp3) is 0.545. The lowest BCUT2D eigenvalue weighted by molar-refractivity contribution is 0.476. The first-order valence-electron chi connectivity index (χ1n) is 5.63. The van der Waals surface area contributed by atoms with E-state index in [9.17, 15) is 8.42 Å². The van der Waals surface area contributed by atoms with Crippen LogP contribution in [0.25, 0.3) is 0 Å². The van der Waals surface area contributed by atoms with Crippen molar-refractivity contribution in [3.05, 3.63) is 17.3 Å². The van der Waals surface area contributed by atoms with Crippen LogP contribution in [0.4, 0.5) is 5.82 Å². The van der Waals surface area contributed by atoms with Gasteiger partial charge in [0.15, 0.2) is 0 Å². The average Bonchev–Trinajstić information content (AvgIpc) is 2.28. The lowest BCUT2D eigenvalue weighted by Gasteiger charge is -2.17. The maximum atomic E-state index is 12.1. The predicted octanol–water partition coefficient (Wildman–Crippen LogP) is 2.10. The molecular formula is C11H18ClN3O2S. The van der Waals surface area contributed by atoms with Crippen molar-refractivity contribution in [3.63, 3.8) is 0 Å². The first-order valence-corrected chi connectivity index (χ1v) is 7.49. The van der Waals surface area contributed by atoms with Crippen molar-refractivity contribution in [2.24, 2.45) is 5.92 Å². The van der Waals surface area contributed by atoms with Gasteiger partial charge in [-0.3, -0.25) is 0 Å². The lowest BCUT2D eigenvalue weighted by atomic mass is 10.1. The number of aromatic nitrogens is 1. The Kier molecular flexibility index (Phi) is 4.95. The molecular weight excluding hydrogens is 274 g/mol. The molecule has 0 fully saturated rings. The highest BCUT2D eigenvalue weighted by atomic mass is 35.5. The second-order valence-corrected chi connectivity index (χ2v) is 6.53. The van der Waals surface area contributed by atoms with Gasteiger partial charge < -0.3 is 5.32 Å². The molecule has 1 heterocycles. The van der Waals surface area contributed by atoms with Gasteiger partial charge in [0.1, 0.15) is 10.7 Å². The monoisotopic (exact) mass is 291 g/mol. The summed E-state index contributed by atoms with van der Waals surface area (Å²) in [5.74, 6) is 0.660. The molecule has 0 aliphatic carbocycles. The maximum absolute atomic E-state index is 12.1. The Morgan fingerprint density at radius 1 is 1.33 bits per heavy atom. The SMILES string of the molecule is CNc1ncc(S(=O)(=O)NC(C)C(C)C)cc1Cl. The highest BCUT2D eigenvalue weighted by Gasteiger charge is 2.20. The number of halogens is 1. The topological polar surface area (TPSA) is 71.1 Å². The summed E-state index contributed by atoms with van der Waals surface area (Å²) in [6, 6.07) is 1.23. The predicted molar refractivity (Wildman–Crippen MR) is 73.4 cm³/mol. The minimum absolute atomic E-state index is 0.0685. The van der Waals surface area contributed by atoms with E-state index >= 15 is 0 Å². The van der Waals surface area contributed by atoms with Crippen molar-refractivity contribution in [1.82, 2.24) is 9.71 Å². The number of anilines is 1. The minimum atomic E-state index is -3.58. The van der Waals surface area contributed by atoms with Crippen LogP contribution in [0.1, 0.15) is 20.8 Å². The van der Waals surface area contributed by atoms with Crippen LogP contribution in [-0.4, -0.2) is 26.5 Å². The van der Waals surface area contributed by atoms with E-state index in [1.807, 2.05) is 20.8 Å². The van der Waals surface area contributed by atoms with E-state index in [-0.39, 0.29) is 21.9 Å². The molecule has 0 aliphatic rings. The lowest BCUT2D eigenvalue weighted by Crippen LogP contribution is -2.36. The first-order chi connectivity index (χ1) is 8.27. The molecule has 1 atom stereocenters. The van der Waals surface area contributed by atoms with Crippen molar-refractivity contribution >= 4 is 27.4 Å². The van der Waals surface area contributed by atoms with Crippen molar-refractivity contribution in [2.75, 3.05) is 12.4 Å². The largest absolute Gasteiger partial charge is 0.372 e. The van der Waals surface area contributed by atoms with Gasteiger partial charge in [0.05, 0.1) is 5.02 Å². The summed E-state index contributed by atoms with van der Waals surface area (Å²) >= 11 is 5.92. The average molecular weight is 292 g/mol. The van der Waals surface area contributed by atoms with E-state index in [4.69, 9.17) is 11.6 Å². The zero-order chi connectivity index (χ0) is 13.9. The highest BCUT2D eigenvalue weighted by Crippen LogP contribution is 2.22. The van der Waals surface area contributed by atoms with Gasteiger partial charge in [0.25, 0.3) is 0 Å². The summed E-state index contributed by atoms with van der Waals surface area (Å²) in [6.45, 7) is 5.71. The Morgan fingerprint density at radius 3 is 2.39 bits per heavy atom. The van der Waals surface area contributed by atoms with Gasteiger partial charge in [-0.05, 0) is 18.9 Å². The molecule has 1 unspecified atom stereocenters. The fourth-order valence-corrected chi connectivity index (χ4v) is 2.89. The number of pyridine rings is 1. The van der Waals surface area contributed by atoms with Crippen molar-refractivity contribution in [1.29, 1.82) is 0 Å². The molecule has 1 aromatic heterocycles. The molecule has 0 spiro atoms. The third kappa shape index (κ3) is 3.57. The van der Waals surface area contributed by atoms with Gasteiger partial charge in [0.2, 0.25) is 10.0 Å². The standard InChI is InChI=1S/C11H18ClN3O2S/c1-7(2)8(3)15-18(16,17)9-5-10(12)11(13-4)14-6-9/h5-8,15H,1-4H3,(H,13,14). The zero-order valence-electron chi connectivity index (χ0n) is 10.9. The van der Waals surface area contributed by atoms with Crippen molar-refractivity contribution in [2.45, 2.75) is 31.7 Å². The summed E-state index contributed by atoms with van der Waals surface area (Å²) in [5, 5.41) is 3.05. The van der Waals surface area contributed by atoms with Crippen LogP contribution in [0, 0.1) is 5.92 Å². The molecule has 0 saturated heterocycles. The number of hydrogen-bond acceptors (Lipinski definition) is 4. The highest BCUT2D eigenvalue weighted by molar-refractivity contribution is 7.89. The Morgan fingerprint density at radius 2 is 1.94 bits per heavy atom. The number of nitrogens with zero attached hydrogens (tertiary/aromatic N) is 1. The van der Waals surface area contributed by atoms with Crippen molar-refractivity contribution < 1.29 is 8.42 Å². The molecule has 0 bridgehead atoms. The van der Waals surface area contributed by atoms with Crippen LogP contribution >= 0.6 is 11.6 Å². The number of hydrogen-bond donors (Lipinski definition) is 2. The minimum Gasteiger partial charge on any atom is -0.372 e. The normalized spacial score (nSPS) is 13.7. The van der Waals surface area contributed by atoms with Crippen LogP contribution in [0.2, 0.25) is 5.02 Å². The Hall–Kier alpha value is -0.850. The van der Waals surface area contributed by atoms with Crippen molar-refractivity contribution in [3.8, 4) is 0 Å². The van der Waals surface area contributed by atoms with Crippen LogP contribution in [0.3, 0.4) is 0 Å². The van der Waals surface area contributed by atoms with Gasteiger partial charge in [-0.1, -0.05) is 25.4 Å². The Labute approximate surface area is 113 Å². The van der Waals surface area contributed by atoms with Crippen LogP contribution in [-0.2, 0) is 10.0 Å². The second-order valence-electron chi connectivity index (χ2n) is 4.41. The first kappa shape index (κ1) is 15.2. The van der Waals surface area contributed by atoms with E-state index in [2.05, 4.69) is 15.0 Å². The molecule has 0 saturated carbocycles. The summed E-state index contributed by atoms with van der Waals surface area (Å²) in [5.41, 5.74) is 0. The van der Waals surface area contributed by atoms with Gasteiger partial charge in [-0.2, -0.15) is 0 Å². The molecule has 0 aliphatic heterocycles. The third-order valence-corrected chi connectivity index (χ3v) is 4.52. The quantitative estimate of drug-likeness (QED) is 0.871. The zero-order valence-corrected chi connectivity index (χ0v) is 12.4. The van der Waals surface area contributed by atoms with Crippen LogP contribution in [0.15, 0.2) is 17.2 Å². The van der Waals surface area contributed by atoms with Gasteiger partial charge in [0, 0.05) is 19.3 Å². The number of sulfonamides is 1. The van der Waals surface area contributed by atoms with Gasteiger partial charge in [-0.25, -0.2) is 18.1 Å². The smallest absolute Gasteiger partial charge is 0.242 e. The molecule has 18 heavy (non-hydrogen) atoms. The van der Waals surface area contributed by atoms with E-state index in [0.717, 1.165) is 0 Å². The van der Waals surface area contributed by atoms with E-state index in [1.54, 1.807) is 7.05 Å². The summed E-state index contributed by atoms with van der Waals surface area (Å²) < 4.78 is 26.7. The molecule has 0 aromatic carbocycles. The maximum Gasteiger partial charge on any atom is 0.242 e. The van der Waals surface area contributed by atoms with Crippen LogP contribution < -0.4 is 10.0 Å². The number of nitrogens with one attached hydrogen (secondary N) is 2. The van der Waals surface area contributed by atoms with Gasteiger partial charge in [-0.15, -0.1) is 0 Å². The summed E-state index contributed by atoms with van der Waals surface area (Å²) in [4.78, 5) is 4.02. The molecule has 1 rings (SSSR count). The second kappa shape index (κ2) is 5.86. The molecule has 102 valence electrons. The van der Waals surface area contributed by atoms with E-state index in [1.165, 1.54) is 12.3 Å². The summed E-state index contributed by atoms with van der Waals surface area (Å²) in [7, 11) is -1.91. The molecule has 0 radical (unpaired) electrons. The van der Waals surface area contributed by atoms with Crippen LogP contribution in [0.5, 0.6) is 0 Å². The molecule has 2 N–H and O–H groups in total. The Balaban J connectivity index is 3.02. The number of rotatable bonds is 5. The van der Waals surface area contributed by atoms with E-state index < -0.39 is 10.0 Å². The third-order valence-electron chi connectivity index (χ3n) is 2.70. The van der Waals surface area contributed by atoms with Gasteiger partial charge >= 0.3 is 0 Å². The summed E-state index contributed by atoms with van der Waals surface area (Å²) in [6.07, 6.45) is 1.28. The molecule has 0 amide bonds. The van der Waals surface area contributed by atoms with E-state index in [0.29, 0.717) is 5.82 Å². The Bertz CT molecular complexity index is 517.